The molecule has 1 unspecified atom stereocenters. The highest BCUT2D eigenvalue weighted by atomic mass is 16.2. The second-order valence-corrected chi connectivity index (χ2v) is 11.2. The lowest BCUT2D eigenvalue weighted by molar-refractivity contribution is -0.120. The van der Waals surface area contributed by atoms with Gasteiger partial charge in [0.15, 0.2) is 0 Å². The van der Waals surface area contributed by atoms with E-state index in [2.05, 4.69) is 59.0 Å². The minimum atomic E-state index is -0.413. The van der Waals surface area contributed by atoms with Crippen molar-refractivity contribution in [3.05, 3.63) is 40.5 Å². The zero-order chi connectivity index (χ0) is 26.7. The molecule has 4 rings (SSSR count). The highest BCUT2D eigenvalue weighted by Gasteiger charge is 2.29. The van der Waals surface area contributed by atoms with Crippen molar-refractivity contribution < 1.29 is 9.59 Å². The summed E-state index contributed by atoms with van der Waals surface area (Å²) in [7, 11) is 4.34. The molecule has 2 saturated carbocycles. The minimum Gasteiger partial charge on any atom is -0.369 e. The van der Waals surface area contributed by atoms with E-state index in [1.54, 1.807) is 0 Å². The van der Waals surface area contributed by atoms with Gasteiger partial charge in [-0.3, -0.25) is 9.59 Å². The molecule has 2 aliphatic carbocycles. The number of rotatable bonds is 7. The van der Waals surface area contributed by atoms with Crippen LogP contribution in [0, 0.1) is 30.6 Å². The third-order valence-electron chi connectivity index (χ3n) is 8.15. The molecule has 3 aliphatic rings. The lowest BCUT2D eigenvalue weighted by atomic mass is 9.88. The van der Waals surface area contributed by atoms with Crippen LogP contribution in [0.4, 0.5) is 5.69 Å². The number of hydrogen-bond acceptors (Lipinski definition) is 4. The maximum Gasteiger partial charge on any atom is 0.254 e. The Morgan fingerprint density at radius 3 is 2.32 bits per heavy atom. The molecule has 0 aromatic heterocycles. The van der Waals surface area contributed by atoms with Crippen molar-refractivity contribution in [3.8, 4) is 11.8 Å². The number of dihydropyridines is 1. The summed E-state index contributed by atoms with van der Waals surface area (Å²) < 4.78 is 0. The molecule has 1 atom stereocenters. The Bertz CT molecular complexity index is 1160. The van der Waals surface area contributed by atoms with Crippen molar-refractivity contribution in [2.45, 2.75) is 78.3 Å². The molecule has 0 radical (unpaired) electrons. The summed E-state index contributed by atoms with van der Waals surface area (Å²) in [4.78, 5) is 34.9. The predicted octanol–water partition coefficient (Wildman–Crippen LogP) is 4.75. The molecule has 1 aliphatic heterocycles. The number of allylic oxidation sites excluding steroid dienone is 1. The Morgan fingerprint density at radius 2 is 1.73 bits per heavy atom. The highest BCUT2D eigenvalue weighted by Crippen LogP contribution is 2.33. The Kier molecular flexibility index (Phi) is 8.54. The van der Waals surface area contributed by atoms with E-state index < -0.39 is 5.92 Å². The summed E-state index contributed by atoms with van der Waals surface area (Å²) in [5, 5.41) is 3.03. The number of carbonyl (C=O) groups is 2. The first-order chi connectivity index (χ1) is 17.7. The molecule has 0 saturated heterocycles. The van der Waals surface area contributed by atoms with Crippen LogP contribution in [0.15, 0.2) is 28.8 Å². The Morgan fingerprint density at radius 1 is 1.05 bits per heavy atom. The fraction of sp³-hybridized carbons (Fsp3) is 0.581. The molecule has 198 valence electrons. The minimum absolute atomic E-state index is 0.159. The maximum absolute atomic E-state index is 13.5. The van der Waals surface area contributed by atoms with Crippen LogP contribution in [-0.2, 0) is 4.79 Å². The number of carbonyl (C=O) groups excluding carboxylic acids is 2. The van der Waals surface area contributed by atoms with Crippen molar-refractivity contribution in [2.75, 3.05) is 32.1 Å². The van der Waals surface area contributed by atoms with E-state index in [0.29, 0.717) is 29.3 Å². The largest absolute Gasteiger partial charge is 0.369 e. The fourth-order valence-corrected chi connectivity index (χ4v) is 5.68. The number of anilines is 1. The van der Waals surface area contributed by atoms with Gasteiger partial charge in [-0.1, -0.05) is 17.4 Å². The molecule has 0 spiro atoms. The fourth-order valence-electron chi connectivity index (χ4n) is 5.68. The second kappa shape index (κ2) is 11.6. The smallest absolute Gasteiger partial charge is 0.254 e. The maximum atomic E-state index is 13.5. The van der Waals surface area contributed by atoms with E-state index in [1.165, 1.54) is 25.7 Å². The number of aliphatic imine (C=N–C) groups is 1. The van der Waals surface area contributed by atoms with E-state index in [4.69, 9.17) is 0 Å². The average molecular weight is 503 g/mol. The van der Waals surface area contributed by atoms with Gasteiger partial charge in [-0.05, 0) is 104 Å². The van der Waals surface area contributed by atoms with Gasteiger partial charge in [0.2, 0.25) is 0 Å². The summed E-state index contributed by atoms with van der Waals surface area (Å²) in [6.07, 6.45) is 8.91. The SMILES string of the molecule is CCN(c1cc(C#CC2CC2)cc(C(=O)NCC2C(=O)N=C(C)C=C2C)c1C)C1CCC(N(C)C)CC1. The van der Waals surface area contributed by atoms with Crippen LogP contribution < -0.4 is 10.2 Å². The van der Waals surface area contributed by atoms with Gasteiger partial charge < -0.3 is 15.1 Å². The number of amides is 2. The predicted molar refractivity (Wildman–Crippen MR) is 151 cm³/mol. The van der Waals surface area contributed by atoms with Gasteiger partial charge in [0, 0.05) is 53.6 Å². The van der Waals surface area contributed by atoms with Gasteiger partial charge in [0.05, 0.1) is 5.92 Å². The van der Waals surface area contributed by atoms with Crippen LogP contribution in [0.2, 0.25) is 0 Å². The first-order valence-electron chi connectivity index (χ1n) is 13.8. The van der Waals surface area contributed by atoms with Gasteiger partial charge in [-0.25, -0.2) is 4.99 Å². The van der Waals surface area contributed by atoms with E-state index in [1.807, 2.05) is 32.9 Å². The van der Waals surface area contributed by atoms with Gasteiger partial charge in [0.25, 0.3) is 11.8 Å². The summed E-state index contributed by atoms with van der Waals surface area (Å²) in [6, 6.07) is 5.20. The lowest BCUT2D eigenvalue weighted by Crippen LogP contribution is -2.42. The van der Waals surface area contributed by atoms with Crippen LogP contribution in [0.25, 0.3) is 0 Å². The van der Waals surface area contributed by atoms with E-state index in [-0.39, 0.29) is 18.4 Å². The summed E-state index contributed by atoms with van der Waals surface area (Å²) in [6.45, 7) is 9.12. The van der Waals surface area contributed by atoms with Crippen molar-refractivity contribution in [2.24, 2.45) is 16.8 Å². The van der Waals surface area contributed by atoms with Crippen molar-refractivity contribution in [3.63, 3.8) is 0 Å². The molecule has 2 amide bonds. The van der Waals surface area contributed by atoms with Crippen molar-refractivity contribution in [1.29, 1.82) is 0 Å². The molecule has 6 nitrogen and oxygen atoms in total. The molecular weight excluding hydrogens is 460 g/mol. The number of benzene rings is 1. The Labute approximate surface area is 222 Å². The summed E-state index contributed by atoms with van der Waals surface area (Å²) in [5.74, 6) is 6.45. The average Bonchev–Trinajstić information content (AvgIpc) is 3.68. The highest BCUT2D eigenvalue weighted by molar-refractivity contribution is 6.06. The molecule has 0 bridgehead atoms. The number of nitrogens with zero attached hydrogens (tertiary/aromatic N) is 3. The zero-order valence-corrected chi connectivity index (χ0v) is 23.4. The topological polar surface area (TPSA) is 65.0 Å². The van der Waals surface area contributed by atoms with Gasteiger partial charge in [-0.15, -0.1) is 0 Å². The molecule has 2 fully saturated rings. The summed E-state index contributed by atoms with van der Waals surface area (Å²) >= 11 is 0. The lowest BCUT2D eigenvalue weighted by Gasteiger charge is -2.40. The molecule has 6 heteroatoms. The first kappa shape index (κ1) is 27.1. The van der Waals surface area contributed by atoms with Crippen molar-refractivity contribution in [1.82, 2.24) is 10.2 Å². The zero-order valence-electron chi connectivity index (χ0n) is 23.4. The Hall–Kier alpha value is -2.91. The normalized spacial score (nSPS) is 23.6. The van der Waals surface area contributed by atoms with Crippen LogP contribution >= 0.6 is 0 Å². The molecular formula is C31H42N4O2. The van der Waals surface area contributed by atoms with Crippen molar-refractivity contribution >= 4 is 23.2 Å². The molecule has 1 N–H and O–H groups in total. The van der Waals surface area contributed by atoms with Gasteiger partial charge in [0.1, 0.15) is 0 Å². The van der Waals surface area contributed by atoms with Crippen LogP contribution in [0.3, 0.4) is 0 Å². The molecule has 1 aromatic carbocycles. The number of hydrogen-bond donors (Lipinski definition) is 1. The van der Waals surface area contributed by atoms with Gasteiger partial charge in [-0.2, -0.15) is 0 Å². The molecule has 37 heavy (non-hydrogen) atoms. The van der Waals surface area contributed by atoms with Gasteiger partial charge >= 0.3 is 0 Å². The standard InChI is InChI=1S/C31H42N4O2/c1-7-35(26-14-12-25(13-15-26)34(5)6)29-18-24(11-10-23-8-9-23)17-27(22(29)4)30(36)32-19-28-20(2)16-21(3)33-31(28)37/h16-18,23,25-26,28H,7-9,12-15,19H2,1-6H3,(H,32,36). The quantitative estimate of drug-likeness (QED) is 0.547. The summed E-state index contributed by atoms with van der Waals surface area (Å²) in [5.41, 5.74) is 5.26. The van der Waals surface area contributed by atoms with Crippen LogP contribution in [0.1, 0.15) is 80.8 Å². The van der Waals surface area contributed by atoms with E-state index in [0.717, 1.165) is 41.8 Å². The van der Waals surface area contributed by atoms with Crippen LogP contribution in [0.5, 0.6) is 0 Å². The van der Waals surface area contributed by atoms with E-state index in [9.17, 15) is 9.59 Å². The van der Waals surface area contributed by atoms with Crippen LogP contribution in [-0.4, -0.2) is 61.7 Å². The first-order valence-corrected chi connectivity index (χ1v) is 13.8. The third-order valence-corrected chi connectivity index (χ3v) is 8.15. The third kappa shape index (κ3) is 6.51. The van der Waals surface area contributed by atoms with E-state index >= 15 is 0 Å². The number of nitrogens with one attached hydrogen (secondary N) is 1. The monoisotopic (exact) mass is 502 g/mol. The molecule has 1 aromatic rings. The second-order valence-electron chi connectivity index (χ2n) is 11.2. The Balaban J connectivity index is 1.59. The molecule has 1 heterocycles.